The zero-order valence-electron chi connectivity index (χ0n) is 8.75. The van der Waals surface area contributed by atoms with Crippen molar-refractivity contribution in [3.63, 3.8) is 0 Å². The molecule has 0 bridgehead atoms. The van der Waals surface area contributed by atoms with Gasteiger partial charge in [-0.2, -0.15) is 0 Å². The van der Waals surface area contributed by atoms with Gasteiger partial charge in [0.1, 0.15) is 5.82 Å². The first-order valence-corrected chi connectivity index (χ1v) is 4.53. The molecule has 0 amide bonds. The van der Waals surface area contributed by atoms with Gasteiger partial charge in [-0.15, -0.1) is 0 Å². The maximum absolute atomic E-state index is 12.7. The summed E-state index contributed by atoms with van der Waals surface area (Å²) in [4.78, 5) is 0. The van der Waals surface area contributed by atoms with Gasteiger partial charge in [0, 0.05) is 7.11 Å². The number of methoxy groups -OCH3 is 1. The zero-order valence-corrected chi connectivity index (χ0v) is 8.75. The van der Waals surface area contributed by atoms with Crippen LogP contribution >= 0.6 is 0 Å². The van der Waals surface area contributed by atoms with E-state index in [-0.39, 0.29) is 11.9 Å². The minimum Gasteiger partial charge on any atom is -0.377 e. The third kappa shape index (κ3) is 2.30. The standard InChI is InChI=1S/C11H16FNO/c1-11(2,14-3)10(13)8-4-6-9(12)7-5-8/h4-7,10H,13H2,1-3H3. The normalized spacial score (nSPS) is 14.1. The Morgan fingerprint density at radius 3 is 2.21 bits per heavy atom. The molecule has 0 fully saturated rings. The van der Waals surface area contributed by atoms with E-state index in [1.165, 1.54) is 12.1 Å². The summed E-state index contributed by atoms with van der Waals surface area (Å²) in [5, 5.41) is 0. The highest BCUT2D eigenvalue weighted by Crippen LogP contribution is 2.25. The van der Waals surface area contributed by atoms with Gasteiger partial charge in [-0.1, -0.05) is 12.1 Å². The predicted octanol–water partition coefficient (Wildman–Crippen LogP) is 2.25. The summed E-state index contributed by atoms with van der Waals surface area (Å²) >= 11 is 0. The first kappa shape index (κ1) is 11.1. The second-order valence-electron chi connectivity index (χ2n) is 3.84. The molecule has 1 unspecified atom stereocenters. The molecule has 78 valence electrons. The van der Waals surface area contributed by atoms with E-state index in [9.17, 15) is 4.39 Å². The van der Waals surface area contributed by atoms with E-state index in [1.807, 2.05) is 13.8 Å². The minimum atomic E-state index is -0.447. The lowest BCUT2D eigenvalue weighted by molar-refractivity contribution is -0.0000477. The fourth-order valence-corrected chi connectivity index (χ4v) is 1.20. The van der Waals surface area contributed by atoms with Crippen molar-refractivity contribution in [3.05, 3.63) is 35.6 Å². The van der Waals surface area contributed by atoms with Gasteiger partial charge < -0.3 is 10.5 Å². The van der Waals surface area contributed by atoms with Crippen LogP contribution in [0, 0.1) is 5.82 Å². The summed E-state index contributed by atoms with van der Waals surface area (Å²) in [5.41, 5.74) is 6.41. The van der Waals surface area contributed by atoms with Crippen molar-refractivity contribution in [2.24, 2.45) is 5.73 Å². The lowest BCUT2D eigenvalue weighted by Crippen LogP contribution is -2.37. The van der Waals surface area contributed by atoms with Gasteiger partial charge in [-0.05, 0) is 31.5 Å². The summed E-state index contributed by atoms with van der Waals surface area (Å²) in [6.07, 6.45) is 0. The molecule has 0 aliphatic rings. The molecule has 2 nitrogen and oxygen atoms in total. The Balaban J connectivity index is 2.89. The molecule has 1 rings (SSSR count). The predicted molar refractivity (Wildman–Crippen MR) is 54.4 cm³/mol. The Kier molecular flexibility index (Phi) is 3.24. The van der Waals surface area contributed by atoms with Crippen LogP contribution in [0.1, 0.15) is 25.5 Å². The van der Waals surface area contributed by atoms with Gasteiger partial charge in [0.2, 0.25) is 0 Å². The van der Waals surface area contributed by atoms with Crippen molar-refractivity contribution >= 4 is 0 Å². The summed E-state index contributed by atoms with van der Waals surface area (Å²) in [6, 6.07) is 5.91. The Morgan fingerprint density at radius 2 is 1.79 bits per heavy atom. The number of halogens is 1. The van der Waals surface area contributed by atoms with Crippen LogP contribution in [0.2, 0.25) is 0 Å². The largest absolute Gasteiger partial charge is 0.377 e. The summed E-state index contributed by atoms with van der Waals surface area (Å²) in [5.74, 6) is -0.254. The van der Waals surface area contributed by atoms with Crippen LogP contribution in [0.5, 0.6) is 0 Å². The van der Waals surface area contributed by atoms with E-state index >= 15 is 0 Å². The first-order valence-electron chi connectivity index (χ1n) is 4.53. The second kappa shape index (κ2) is 4.07. The first-order chi connectivity index (χ1) is 6.47. The van der Waals surface area contributed by atoms with E-state index in [2.05, 4.69) is 0 Å². The second-order valence-corrected chi connectivity index (χ2v) is 3.84. The van der Waals surface area contributed by atoms with Crippen LogP contribution in [0.25, 0.3) is 0 Å². The third-order valence-corrected chi connectivity index (χ3v) is 2.50. The molecule has 14 heavy (non-hydrogen) atoms. The van der Waals surface area contributed by atoms with Crippen LogP contribution in [0.15, 0.2) is 24.3 Å². The van der Waals surface area contributed by atoms with Crippen LogP contribution in [0.3, 0.4) is 0 Å². The van der Waals surface area contributed by atoms with E-state index in [1.54, 1.807) is 19.2 Å². The molecule has 0 aromatic heterocycles. The van der Waals surface area contributed by atoms with Gasteiger partial charge in [-0.3, -0.25) is 0 Å². The van der Waals surface area contributed by atoms with Crippen molar-refractivity contribution in [3.8, 4) is 0 Å². The van der Waals surface area contributed by atoms with Crippen molar-refractivity contribution < 1.29 is 9.13 Å². The molecule has 0 radical (unpaired) electrons. The smallest absolute Gasteiger partial charge is 0.123 e. The number of ether oxygens (including phenoxy) is 1. The molecular formula is C11H16FNO. The highest BCUT2D eigenvalue weighted by Gasteiger charge is 2.27. The molecule has 1 atom stereocenters. The SMILES string of the molecule is COC(C)(C)C(N)c1ccc(F)cc1. The number of nitrogens with two attached hydrogens (primary N) is 1. The molecule has 3 heteroatoms. The van der Waals surface area contributed by atoms with E-state index in [4.69, 9.17) is 10.5 Å². The minimum absolute atomic E-state index is 0.254. The number of benzene rings is 1. The lowest BCUT2D eigenvalue weighted by Gasteiger charge is -2.30. The number of hydrogen-bond acceptors (Lipinski definition) is 2. The number of rotatable bonds is 3. The fraction of sp³-hybridized carbons (Fsp3) is 0.455. The summed E-state index contributed by atoms with van der Waals surface area (Å²) in [6.45, 7) is 3.81. The summed E-state index contributed by atoms with van der Waals surface area (Å²) in [7, 11) is 1.61. The maximum atomic E-state index is 12.7. The van der Waals surface area contributed by atoms with Crippen molar-refractivity contribution in [2.75, 3.05) is 7.11 Å². The van der Waals surface area contributed by atoms with E-state index < -0.39 is 5.60 Å². The molecule has 0 aliphatic carbocycles. The van der Waals surface area contributed by atoms with Gasteiger partial charge in [-0.25, -0.2) is 4.39 Å². The molecular weight excluding hydrogens is 181 g/mol. The molecule has 0 saturated carbocycles. The van der Waals surface area contributed by atoms with Gasteiger partial charge in [0.05, 0.1) is 11.6 Å². The van der Waals surface area contributed by atoms with E-state index in [0.717, 1.165) is 5.56 Å². The summed E-state index contributed by atoms with van der Waals surface area (Å²) < 4.78 is 17.9. The monoisotopic (exact) mass is 197 g/mol. The molecule has 0 saturated heterocycles. The zero-order chi connectivity index (χ0) is 10.8. The quantitative estimate of drug-likeness (QED) is 0.806. The van der Waals surface area contributed by atoms with Crippen LogP contribution in [-0.2, 0) is 4.74 Å². The van der Waals surface area contributed by atoms with Crippen molar-refractivity contribution in [1.29, 1.82) is 0 Å². The van der Waals surface area contributed by atoms with Gasteiger partial charge in [0.25, 0.3) is 0 Å². The van der Waals surface area contributed by atoms with Crippen LogP contribution in [-0.4, -0.2) is 12.7 Å². The molecule has 1 aromatic rings. The third-order valence-electron chi connectivity index (χ3n) is 2.50. The lowest BCUT2D eigenvalue weighted by atomic mass is 9.92. The van der Waals surface area contributed by atoms with Crippen molar-refractivity contribution in [1.82, 2.24) is 0 Å². The Hall–Kier alpha value is -0.930. The van der Waals surface area contributed by atoms with E-state index in [0.29, 0.717) is 0 Å². The molecule has 2 N–H and O–H groups in total. The molecule has 1 aromatic carbocycles. The Morgan fingerprint density at radius 1 is 1.29 bits per heavy atom. The highest BCUT2D eigenvalue weighted by molar-refractivity contribution is 5.21. The Bertz CT molecular complexity index is 295. The molecule has 0 spiro atoms. The molecule has 0 aliphatic heterocycles. The van der Waals surface area contributed by atoms with Gasteiger partial charge in [0.15, 0.2) is 0 Å². The molecule has 0 heterocycles. The maximum Gasteiger partial charge on any atom is 0.123 e. The van der Waals surface area contributed by atoms with Crippen LogP contribution in [0.4, 0.5) is 4.39 Å². The highest BCUT2D eigenvalue weighted by atomic mass is 19.1. The van der Waals surface area contributed by atoms with Gasteiger partial charge >= 0.3 is 0 Å². The average molecular weight is 197 g/mol. The Labute approximate surface area is 83.9 Å². The van der Waals surface area contributed by atoms with Crippen LogP contribution < -0.4 is 5.73 Å². The fourth-order valence-electron chi connectivity index (χ4n) is 1.20. The average Bonchev–Trinajstić information content (AvgIpc) is 2.18. The number of hydrogen-bond donors (Lipinski definition) is 1. The van der Waals surface area contributed by atoms with Crippen molar-refractivity contribution in [2.45, 2.75) is 25.5 Å². The topological polar surface area (TPSA) is 35.2 Å².